The molecule has 0 aromatic carbocycles. The number of nitriles is 1. The number of hydrogen-bond acceptors (Lipinski definition) is 7. The van der Waals surface area contributed by atoms with Gasteiger partial charge in [-0.05, 0) is 44.4 Å². The van der Waals surface area contributed by atoms with Gasteiger partial charge in [0.2, 0.25) is 0 Å². The quantitative estimate of drug-likeness (QED) is 0.471. The van der Waals surface area contributed by atoms with E-state index in [9.17, 15) is 23.2 Å². The Morgan fingerprint density at radius 1 is 1.17 bits per heavy atom. The third kappa shape index (κ3) is 3.92. The van der Waals surface area contributed by atoms with Gasteiger partial charge in [-0.25, -0.2) is 19.6 Å². The summed E-state index contributed by atoms with van der Waals surface area (Å²) in [5.41, 5.74) is -0.176. The molecule has 0 amide bonds. The van der Waals surface area contributed by atoms with Crippen LogP contribution in [-0.4, -0.2) is 34.7 Å². The van der Waals surface area contributed by atoms with Gasteiger partial charge in [-0.3, -0.25) is 9.78 Å². The van der Waals surface area contributed by atoms with Gasteiger partial charge in [-0.15, -0.1) is 0 Å². The molecule has 4 heterocycles. The maximum Gasteiger partial charge on any atom is 0.433 e. The Kier molecular flexibility index (Phi) is 5.35. The molecule has 9 nitrogen and oxygen atoms in total. The van der Waals surface area contributed by atoms with Crippen LogP contribution in [0.4, 0.5) is 13.2 Å². The van der Waals surface area contributed by atoms with Crippen molar-refractivity contribution in [3.05, 3.63) is 75.2 Å². The number of halogens is 3. The lowest BCUT2D eigenvalue weighted by Gasteiger charge is -2.34. The Morgan fingerprint density at radius 3 is 2.54 bits per heavy atom. The molecule has 0 aliphatic heterocycles. The van der Waals surface area contributed by atoms with Crippen LogP contribution in [-0.2, 0) is 6.18 Å². The molecule has 4 aromatic rings. The summed E-state index contributed by atoms with van der Waals surface area (Å²) in [7, 11) is 0. The highest BCUT2D eigenvalue weighted by Crippen LogP contribution is 2.46. The number of aromatic amines is 1. The van der Waals surface area contributed by atoms with E-state index in [1.807, 2.05) is 19.1 Å². The Hall–Kier alpha value is -4.14. The maximum atomic E-state index is 13.0. The van der Waals surface area contributed by atoms with Crippen molar-refractivity contribution in [1.29, 1.82) is 5.26 Å². The van der Waals surface area contributed by atoms with Gasteiger partial charge in [0.1, 0.15) is 28.8 Å². The number of nitrogens with one attached hydrogen (secondary N) is 1. The zero-order chi connectivity index (χ0) is 24.9. The Bertz CT molecular complexity index is 1520. The monoisotopic (exact) mass is 480 g/mol. The second kappa shape index (κ2) is 8.26. The molecule has 1 aliphatic carbocycles. The summed E-state index contributed by atoms with van der Waals surface area (Å²) in [5.74, 6) is 0.983. The zero-order valence-electron chi connectivity index (χ0n) is 18.7. The summed E-state index contributed by atoms with van der Waals surface area (Å²) in [6.07, 6.45) is -0.142. The lowest BCUT2D eigenvalue weighted by atomic mass is 9.72. The highest BCUT2D eigenvalue weighted by molar-refractivity contribution is 5.80. The van der Waals surface area contributed by atoms with Gasteiger partial charge in [0, 0.05) is 29.9 Å². The van der Waals surface area contributed by atoms with Crippen molar-refractivity contribution in [2.45, 2.75) is 50.7 Å². The zero-order valence-corrected chi connectivity index (χ0v) is 18.7. The number of aryl methyl sites for hydroxylation is 1. The number of nitrogens with zero attached hydrogens (tertiary/aromatic N) is 7. The van der Waals surface area contributed by atoms with E-state index in [2.05, 4.69) is 30.0 Å². The fourth-order valence-corrected chi connectivity index (χ4v) is 4.33. The molecule has 12 heteroatoms. The summed E-state index contributed by atoms with van der Waals surface area (Å²) in [5, 5.41) is 13.8. The topological polar surface area (TPSA) is 126 Å². The lowest BCUT2D eigenvalue weighted by Crippen LogP contribution is -2.28. The molecule has 4 aromatic heterocycles. The summed E-state index contributed by atoms with van der Waals surface area (Å²) in [4.78, 5) is 32.8. The van der Waals surface area contributed by atoms with Crippen LogP contribution < -0.4 is 5.56 Å². The van der Waals surface area contributed by atoms with Crippen LogP contribution in [0.5, 0.6) is 0 Å². The minimum atomic E-state index is -4.56. The van der Waals surface area contributed by atoms with Gasteiger partial charge in [-0.2, -0.15) is 23.5 Å². The number of alkyl halides is 3. The fraction of sp³-hybridized carbons (Fsp3) is 0.348. The van der Waals surface area contributed by atoms with Crippen LogP contribution in [0, 0.1) is 18.3 Å². The maximum absolute atomic E-state index is 13.0. The SMILES string of the molecule is Cc1ccnc([C@@H]2CCC2c2nc3c(c(C#N)nn3[C@@H](C)c3ccc(C(F)(F)F)nc3)c(=O)[nH]2)n1. The van der Waals surface area contributed by atoms with Crippen LogP contribution in [0.25, 0.3) is 11.0 Å². The predicted molar refractivity (Wildman–Crippen MR) is 117 cm³/mol. The van der Waals surface area contributed by atoms with Gasteiger partial charge in [0.15, 0.2) is 11.3 Å². The Morgan fingerprint density at radius 2 is 1.94 bits per heavy atom. The van der Waals surface area contributed by atoms with Gasteiger partial charge in [0.25, 0.3) is 5.56 Å². The molecule has 0 spiro atoms. The van der Waals surface area contributed by atoms with Crippen molar-refractivity contribution >= 4 is 11.0 Å². The first-order valence-electron chi connectivity index (χ1n) is 10.9. The van der Waals surface area contributed by atoms with Crippen LogP contribution in [0.2, 0.25) is 0 Å². The summed E-state index contributed by atoms with van der Waals surface area (Å²) >= 11 is 0. The molecule has 1 unspecified atom stereocenters. The van der Waals surface area contributed by atoms with E-state index in [0.29, 0.717) is 17.2 Å². The fourth-order valence-electron chi connectivity index (χ4n) is 4.33. The van der Waals surface area contributed by atoms with Crippen molar-refractivity contribution < 1.29 is 13.2 Å². The number of rotatable bonds is 4. The molecule has 0 radical (unpaired) electrons. The third-order valence-electron chi connectivity index (χ3n) is 6.38. The molecular formula is C23H19F3N8O. The summed E-state index contributed by atoms with van der Waals surface area (Å²) < 4.78 is 40.1. The van der Waals surface area contributed by atoms with Gasteiger partial charge < -0.3 is 4.98 Å². The first kappa shape index (κ1) is 22.6. The van der Waals surface area contributed by atoms with E-state index < -0.39 is 23.5 Å². The van der Waals surface area contributed by atoms with Crippen LogP contribution in [0.15, 0.2) is 35.4 Å². The first-order chi connectivity index (χ1) is 16.7. The van der Waals surface area contributed by atoms with Gasteiger partial charge >= 0.3 is 6.18 Å². The van der Waals surface area contributed by atoms with Crippen molar-refractivity contribution in [2.24, 2.45) is 0 Å². The van der Waals surface area contributed by atoms with Gasteiger partial charge in [0.05, 0.1) is 6.04 Å². The highest BCUT2D eigenvalue weighted by atomic mass is 19.4. The van der Waals surface area contributed by atoms with Crippen molar-refractivity contribution in [3.63, 3.8) is 0 Å². The number of aromatic nitrogens is 7. The summed E-state index contributed by atoms with van der Waals surface area (Å²) in [6.45, 7) is 3.57. The molecule has 5 rings (SSSR count). The molecule has 178 valence electrons. The van der Waals surface area contributed by atoms with E-state index in [1.165, 1.54) is 10.7 Å². The van der Waals surface area contributed by atoms with Crippen molar-refractivity contribution in [3.8, 4) is 6.07 Å². The van der Waals surface area contributed by atoms with E-state index in [1.54, 1.807) is 13.1 Å². The van der Waals surface area contributed by atoms with E-state index in [-0.39, 0.29) is 28.6 Å². The largest absolute Gasteiger partial charge is 0.433 e. The minimum Gasteiger partial charge on any atom is -0.310 e. The van der Waals surface area contributed by atoms with Gasteiger partial charge in [-0.1, -0.05) is 6.07 Å². The van der Waals surface area contributed by atoms with Crippen LogP contribution in [0.3, 0.4) is 0 Å². The predicted octanol–water partition coefficient (Wildman–Crippen LogP) is 3.77. The molecule has 0 saturated heterocycles. The average molecular weight is 480 g/mol. The second-order valence-electron chi connectivity index (χ2n) is 8.55. The molecular weight excluding hydrogens is 461 g/mol. The molecule has 1 saturated carbocycles. The minimum absolute atomic E-state index is 0.0150. The molecule has 1 N–H and O–H groups in total. The average Bonchev–Trinajstić information content (AvgIpc) is 3.17. The standard InChI is InChI=1S/C23H19F3N8O/c1-11-7-8-28-19(30-11)14-4-5-15(14)20-31-21-18(22(35)32-20)16(9-27)33-34(21)12(2)13-3-6-17(29-10-13)23(24,25)26/h3,6-8,10,12,14-15H,4-5H2,1-2H3,(H,31,32,35)/t12-,14+,15?/m0/s1. The van der Waals surface area contributed by atoms with Crippen molar-refractivity contribution in [1.82, 2.24) is 34.7 Å². The molecule has 35 heavy (non-hydrogen) atoms. The third-order valence-corrected chi connectivity index (χ3v) is 6.38. The Balaban J connectivity index is 1.57. The van der Waals surface area contributed by atoms with Crippen LogP contribution >= 0.6 is 0 Å². The van der Waals surface area contributed by atoms with E-state index in [0.717, 1.165) is 30.8 Å². The smallest absolute Gasteiger partial charge is 0.310 e. The summed E-state index contributed by atoms with van der Waals surface area (Å²) in [6, 6.07) is 5.27. The number of hydrogen-bond donors (Lipinski definition) is 1. The Labute approximate surface area is 196 Å². The number of fused-ring (bicyclic) bond motifs is 1. The van der Waals surface area contributed by atoms with Crippen LogP contribution in [0.1, 0.15) is 71.9 Å². The number of pyridine rings is 1. The van der Waals surface area contributed by atoms with E-state index in [4.69, 9.17) is 0 Å². The van der Waals surface area contributed by atoms with E-state index >= 15 is 0 Å². The molecule has 1 aliphatic rings. The lowest BCUT2D eigenvalue weighted by molar-refractivity contribution is -0.141. The van der Waals surface area contributed by atoms with Crippen molar-refractivity contribution in [2.75, 3.05) is 0 Å². The molecule has 3 atom stereocenters. The second-order valence-corrected chi connectivity index (χ2v) is 8.55. The first-order valence-corrected chi connectivity index (χ1v) is 10.9. The normalized spacial score (nSPS) is 18.7. The molecule has 1 fully saturated rings. The molecule has 0 bridgehead atoms. The highest BCUT2D eigenvalue weighted by Gasteiger charge is 2.38. The number of H-pyrrole nitrogens is 1.